The molecule has 0 aliphatic carbocycles. The molecular formula is C26H25Cl. The lowest BCUT2D eigenvalue weighted by Crippen LogP contribution is -1.87. The van der Waals surface area contributed by atoms with Crippen LogP contribution in [-0.2, 0) is 6.42 Å². The van der Waals surface area contributed by atoms with Crippen molar-refractivity contribution in [3.63, 3.8) is 0 Å². The molecule has 0 atom stereocenters. The third-order valence-corrected chi connectivity index (χ3v) is 5.65. The van der Waals surface area contributed by atoms with Gasteiger partial charge in [0.05, 0.1) is 0 Å². The molecule has 136 valence electrons. The Morgan fingerprint density at radius 2 is 1.30 bits per heavy atom. The Balaban J connectivity index is 1.66. The van der Waals surface area contributed by atoms with Crippen LogP contribution in [0.5, 0.6) is 0 Å². The van der Waals surface area contributed by atoms with Crippen molar-refractivity contribution in [2.45, 2.75) is 39.0 Å². The van der Waals surface area contributed by atoms with Crippen LogP contribution in [0.3, 0.4) is 0 Å². The van der Waals surface area contributed by atoms with Gasteiger partial charge in [0.25, 0.3) is 0 Å². The molecule has 4 aromatic carbocycles. The van der Waals surface area contributed by atoms with E-state index in [2.05, 4.69) is 67.6 Å². The molecule has 0 N–H and O–H groups in total. The number of aryl methyl sites for hydroxylation is 1. The molecule has 27 heavy (non-hydrogen) atoms. The predicted molar refractivity (Wildman–Crippen MR) is 120 cm³/mol. The summed E-state index contributed by atoms with van der Waals surface area (Å²) in [6.45, 7) is 2.26. The second-order valence-corrected chi connectivity index (χ2v) is 7.81. The van der Waals surface area contributed by atoms with E-state index in [0.29, 0.717) is 0 Å². The molecule has 0 saturated carbocycles. The van der Waals surface area contributed by atoms with E-state index in [9.17, 15) is 0 Å². The zero-order valence-corrected chi connectivity index (χ0v) is 16.6. The van der Waals surface area contributed by atoms with Crippen molar-refractivity contribution in [1.82, 2.24) is 0 Å². The van der Waals surface area contributed by atoms with Crippen molar-refractivity contribution in [2.24, 2.45) is 0 Å². The second-order valence-electron chi connectivity index (χ2n) is 7.37. The number of hydrogen-bond donors (Lipinski definition) is 0. The minimum Gasteiger partial charge on any atom is -0.0843 e. The molecular weight excluding hydrogens is 348 g/mol. The van der Waals surface area contributed by atoms with Crippen LogP contribution in [0, 0.1) is 0 Å². The molecule has 0 amide bonds. The highest BCUT2D eigenvalue weighted by atomic mass is 35.5. The summed E-state index contributed by atoms with van der Waals surface area (Å²) >= 11 is 6.02. The van der Waals surface area contributed by atoms with E-state index in [-0.39, 0.29) is 0 Å². The van der Waals surface area contributed by atoms with Crippen molar-refractivity contribution in [2.75, 3.05) is 0 Å². The van der Waals surface area contributed by atoms with E-state index in [1.165, 1.54) is 70.3 Å². The van der Waals surface area contributed by atoms with Crippen LogP contribution in [0.4, 0.5) is 0 Å². The second kappa shape index (κ2) is 8.15. The molecule has 0 aromatic heterocycles. The largest absolute Gasteiger partial charge is 0.0843 e. The summed E-state index contributed by atoms with van der Waals surface area (Å²) in [7, 11) is 0. The Kier molecular flexibility index (Phi) is 5.45. The minimum absolute atomic E-state index is 0.774. The molecule has 0 saturated heterocycles. The Morgan fingerprint density at radius 1 is 0.630 bits per heavy atom. The zero-order chi connectivity index (χ0) is 18.6. The van der Waals surface area contributed by atoms with E-state index in [1.807, 2.05) is 12.1 Å². The van der Waals surface area contributed by atoms with Gasteiger partial charge in [-0.1, -0.05) is 92.4 Å². The first-order chi connectivity index (χ1) is 13.2. The minimum atomic E-state index is 0.774. The molecule has 0 nitrogen and oxygen atoms in total. The maximum atomic E-state index is 6.02. The standard InChI is InChI=1S/C26H25Cl/c1-2-3-4-5-6-19-7-15-25-22(17-19)8-9-23-18-21(12-16-26(23)25)20-10-13-24(27)14-11-20/h7-18H,2-6H2,1H3. The van der Waals surface area contributed by atoms with Gasteiger partial charge in [0.2, 0.25) is 0 Å². The molecule has 0 heterocycles. The molecule has 0 bridgehead atoms. The fraction of sp³-hybridized carbons (Fsp3) is 0.231. The summed E-state index contributed by atoms with van der Waals surface area (Å²) in [4.78, 5) is 0. The fourth-order valence-corrected chi connectivity index (χ4v) is 3.98. The van der Waals surface area contributed by atoms with Gasteiger partial charge in [0, 0.05) is 5.02 Å². The van der Waals surface area contributed by atoms with Crippen LogP contribution >= 0.6 is 11.6 Å². The van der Waals surface area contributed by atoms with Crippen LogP contribution in [0.25, 0.3) is 32.7 Å². The van der Waals surface area contributed by atoms with E-state index >= 15 is 0 Å². The van der Waals surface area contributed by atoms with E-state index in [4.69, 9.17) is 11.6 Å². The number of fused-ring (bicyclic) bond motifs is 3. The van der Waals surface area contributed by atoms with Gasteiger partial charge in [-0.25, -0.2) is 0 Å². The van der Waals surface area contributed by atoms with Gasteiger partial charge in [-0.05, 0) is 69.3 Å². The summed E-state index contributed by atoms with van der Waals surface area (Å²) < 4.78 is 0. The Labute approximate surface area is 166 Å². The van der Waals surface area contributed by atoms with Crippen LogP contribution in [0.15, 0.2) is 72.8 Å². The molecule has 0 unspecified atom stereocenters. The van der Waals surface area contributed by atoms with Crippen molar-refractivity contribution in [3.05, 3.63) is 83.4 Å². The van der Waals surface area contributed by atoms with Crippen molar-refractivity contribution in [1.29, 1.82) is 0 Å². The van der Waals surface area contributed by atoms with Gasteiger partial charge in [0.1, 0.15) is 0 Å². The highest BCUT2D eigenvalue weighted by Gasteiger charge is 2.05. The Bertz CT molecular complexity index is 1060. The molecule has 4 rings (SSSR count). The van der Waals surface area contributed by atoms with Crippen molar-refractivity contribution < 1.29 is 0 Å². The molecule has 1 heteroatoms. The first-order valence-electron chi connectivity index (χ1n) is 9.96. The lowest BCUT2D eigenvalue weighted by molar-refractivity contribution is 0.667. The van der Waals surface area contributed by atoms with Crippen LogP contribution < -0.4 is 0 Å². The molecule has 0 spiro atoms. The van der Waals surface area contributed by atoms with Gasteiger partial charge in [-0.15, -0.1) is 0 Å². The van der Waals surface area contributed by atoms with Crippen molar-refractivity contribution in [3.8, 4) is 11.1 Å². The van der Waals surface area contributed by atoms with Gasteiger partial charge in [-0.2, -0.15) is 0 Å². The first kappa shape index (κ1) is 18.1. The third kappa shape index (κ3) is 4.01. The molecule has 0 fully saturated rings. The number of unbranched alkanes of at least 4 members (excludes halogenated alkanes) is 3. The smallest absolute Gasteiger partial charge is 0.0406 e. The first-order valence-corrected chi connectivity index (χ1v) is 10.3. The topological polar surface area (TPSA) is 0 Å². The number of halogens is 1. The predicted octanol–water partition coefficient (Wildman–Crippen LogP) is 8.44. The normalized spacial score (nSPS) is 11.3. The van der Waals surface area contributed by atoms with Gasteiger partial charge < -0.3 is 0 Å². The van der Waals surface area contributed by atoms with Gasteiger partial charge in [0.15, 0.2) is 0 Å². The zero-order valence-electron chi connectivity index (χ0n) is 15.8. The highest BCUT2D eigenvalue weighted by Crippen LogP contribution is 2.31. The van der Waals surface area contributed by atoms with Crippen molar-refractivity contribution >= 4 is 33.1 Å². The lowest BCUT2D eigenvalue weighted by Gasteiger charge is -2.09. The monoisotopic (exact) mass is 372 g/mol. The van der Waals surface area contributed by atoms with Crippen LogP contribution in [0.2, 0.25) is 5.02 Å². The Hall–Kier alpha value is -2.31. The summed E-state index contributed by atoms with van der Waals surface area (Å²) in [5.41, 5.74) is 3.88. The quantitative estimate of drug-likeness (QED) is 0.235. The summed E-state index contributed by atoms with van der Waals surface area (Å²) in [6.07, 6.45) is 6.44. The van der Waals surface area contributed by atoms with Gasteiger partial charge >= 0.3 is 0 Å². The molecule has 0 aliphatic rings. The number of rotatable bonds is 6. The van der Waals surface area contributed by atoms with Crippen LogP contribution in [-0.4, -0.2) is 0 Å². The molecule has 0 aliphatic heterocycles. The summed E-state index contributed by atoms with van der Waals surface area (Å²) in [5.74, 6) is 0. The van der Waals surface area contributed by atoms with E-state index in [0.717, 1.165) is 5.02 Å². The maximum Gasteiger partial charge on any atom is 0.0406 e. The summed E-state index contributed by atoms with van der Waals surface area (Å²) in [6, 6.07) is 26.3. The third-order valence-electron chi connectivity index (χ3n) is 5.40. The number of benzene rings is 4. The Morgan fingerprint density at radius 3 is 2.04 bits per heavy atom. The average Bonchev–Trinajstić information content (AvgIpc) is 2.71. The van der Waals surface area contributed by atoms with Crippen LogP contribution in [0.1, 0.15) is 38.2 Å². The highest BCUT2D eigenvalue weighted by molar-refractivity contribution is 6.30. The average molecular weight is 373 g/mol. The van der Waals surface area contributed by atoms with E-state index < -0.39 is 0 Å². The molecule has 4 aromatic rings. The van der Waals surface area contributed by atoms with E-state index in [1.54, 1.807) is 0 Å². The lowest BCUT2D eigenvalue weighted by atomic mass is 9.95. The molecule has 0 radical (unpaired) electrons. The number of hydrogen-bond acceptors (Lipinski definition) is 0. The maximum absolute atomic E-state index is 6.02. The summed E-state index contributed by atoms with van der Waals surface area (Å²) in [5, 5.41) is 6.06. The SMILES string of the molecule is CCCCCCc1ccc2c(ccc3cc(-c4ccc(Cl)cc4)ccc32)c1. The fourth-order valence-electron chi connectivity index (χ4n) is 3.85. The van der Waals surface area contributed by atoms with Gasteiger partial charge in [-0.3, -0.25) is 0 Å².